The number of urea groups is 1. The number of aromatic nitrogens is 5. The highest BCUT2D eigenvalue weighted by Gasteiger charge is 2.33. The Morgan fingerprint density at radius 1 is 1.26 bits per heavy atom. The first kappa shape index (κ1) is 17.3. The van der Waals surface area contributed by atoms with E-state index in [2.05, 4.69) is 25.6 Å². The first-order valence-electron chi connectivity index (χ1n) is 9.12. The van der Waals surface area contributed by atoms with E-state index in [-0.39, 0.29) is 12.1 Å². The molecular formula is C19H23N7O. The van der Waals surface area contributed by atoms with Gasteiger partial charge < -0.3 is 10.2 Å². The Hall–Kier alpha value is -3.16. The molecule has 0 saturated carbocycles. The van der Waals surface area contributed by atoms with Gasteiger partial charge >= 0.3 is 6.03 Å². The lowest BCUT2D eigenvalue weighted by atomic mass is 10.2. The van der Waals surface area contributed by atoms with Crippen LogP contribution < -0.4 is 5.32 Å². The van der Waals surface area contributed by atoms with Crippen LogP contribution in [0.25, 0.3) is 5.69 Å². The summed E-state index contributed by atoms with van der Waals surface area (Å²) in [4.78, 5) is 19.2. The van der Waals surface area contributed by atoms with E-state index < -0.39 is 0 Å². The number of rotatable bonds is 3. The van der Waals surface area contributed by atoms with Crippen LogP contribution in [0.4, 0.5) is 10.5 Å². The second-order valence-electron chi connectivity index (χ2n) is 6.92. The minimum absolute atomic E-state index is 0.101. The molecule has 27 heavy (non-hydrogen) atoms. The van der Waals surface area contributed by atoms with Gasteiger partial charge in [-0.3, -0.25) is 5.10 Å². The van der Waals surface area contributed by atoms with E-state index >= 15 is 0 Å². The number of carbonyl (C=O) groups excluding carboxylic acids is 1. The zero-order chi connectivity index (χ0) is 19.0. The predicted octanol–water partition coefficient (Wildman–Crippen LogP) is 3.28. The number of carbonyl (C=O) groups is 1. The molecule has 8 nitrogen and oxygen atoms in total. The molecule has 1 aromatic carbocycles. The average Bonchev–Trinajstić information content (AvgIpc) is 3.35. The van der Waals surface area contributed by atoms with E-state index in [0.717, 1.165) is 41.4 Å². The van der Waals surface area contributed by atoms with Crippen LogP contribution in [0.15, 0.2) is 30.3 Å². The van der Waals surface area contributed by atoms with Crippen molar-refractivity contribution in [3.8, 4) is 5.69 Å². The van der Waals surface area contributed by atoms with E-state index in [1.807, 2.05) is 55.8 Å². The van der Waals surface area contributed by atoms with Crippen LogP contribution >= 0.6 is 0 Å². The summed E-state index contributed by atoms with van der Waals surface area (Å²) in [5.41, 5.74) is 3.53. The molecular weight excluding hydrogens is 342 g/mol. The Balaban J connectivity index is 1.59. The minimum atomic E-state index is -0.145. The van der Waals surface area contributed by atoms with Crippen LogP contribution in [0.3, 0.4) is 0 Å². The highest BCUT2D eigenvalue weighted by Crippen LogP contribution is 2.31. The molecule has 0 aliphatic carbocycles. The number of nitrogens with one attached hydrogen (secondary N) is 2. The van der Waals surface area contributed by atoms with Crippen molar-refractivity contribution in [1.82, 2.24) is 29.9 Å². The maximum Gasteiger partial charge on any atom is 0.322 e. The number of benzene rings is 1. The molecule has 0 spiro atoms. The maximum atomic E-state index is 13.0. The maximum absolute atomic E-state index is 13.0. The highest BCUT2D eigenvalue weighted by molar-refractivity contribution is 5.92. The molecule has 0 radical (unpaired) electrons. The summed E-state index contributed by atoms with van der Waals surface area (Å²) in [5.74, 6) is 1.43. The fourth-order valence-corrected chi connectivity index (χ4v) is 3.61. The molecule has 1 saturated heterocycles. The van der Waals surface area contributed by atoms with Gasteiger partial charge in [-0.1, -0.05) is 12.1 Å². The van der Waals surface area contributed by atoms with Gasteiger partial charge in [0.2, 0.25) is 0 Å². The summed E-state index contributed by atoms with van der Waals surface area (Å²) in [7, 11) is 0. The van der Waals surface area contributed by atoms with Gasteiger partial charge in [0.1, 0.15) is 5.82 Å². The quantitative estimate of drug-likeness (QED) is 0.745. The van der Waals surface area contributed by atoms with E-state index in [9.17, 15) is 4.79 Å². The molecule has 0 unspecified atom stereocenters. The molecule has 1 atom stereocenters. The van der Waals surface area contributed by atoms with Gasteiger partial charge in [0, 0.05) is 12.2 Å². The van der Waals surface area contributed by atoms with Crippen LogP contribution in [0.1, 0.15) is 41.9 Å². The summed E-state index contributed by atoms with van der Waals surface area (Å²) in [6.07, 6.45) is 1.80. The molecule has 1 aliphatic rings. The molecule has 2 amide bonds. The van der Waals surface area contributed by atoms with Crippen molar-refractivity contribution in [3.05, 3.63) is 53.4 Å². The number of para-hydroxylation sites is 2. The summed E-state index contributed by atoms with van der Waals surface area (Å²) in [5, 5.41) is 14.7. The van der Waals surface area contributed by atoms with Crippen molar-refractivity contribution in [1.29, 1.82) is 0 Å². The number of anilines is 1. The first-order chi connectivity index (χ1) is 13.0. The third kappa shape index (κ3) is 3.30. The Labute approximate surface area is 157 Å². The number of likely N-dealkylation sites (tertiary alicyclic amines) is 1. The third-order valence-corrected chi connectivity index (χ3v) is 4.81. The molecule has 2 N–H and O–H groups in total. The fourth-order valence-electron chi connectivity index (χ4n) is 3.61. The second-order valence-corrected chi connectivity index (χ2v) is 6.92. The first-order valence-corrected chi connectivity index (χ1v) is 9.12. The molecule has 8 heteroatoms. The fraction of sp³-hybridized carbons (Fsp3) is 0.368. The Morgan fingerprint density at radius 3 is 2.78 bits per heavy atom. The number of nitrogens with zero attached hydrogens (tertiary/aromatic N) is 5. The number of H-pyrrole nitrogens is 1. The summed E-state index contributed by atoms with van der Waals surface area (Å²) in [6, 6.07) is 9.47. The molecule has 140 valence electrons. The number of hydrogen-bond acceptors (Lipinski definition) is 4. The lowest BCUT2D eigenvalue weighted by Gasteiger charge is -2.23. The molecule has 0 bridgehead atoms. The zero-order valence-corrected chi connectivity index (χ0v) is 15.7. The number of hydrogen-bond donors (Lipinski definition) is 2. The van der Waals surface area contributed by atoms with Gasteiger partial charge in [-0.25, -0.2) is 14.5 Å². The van der Waals surface area contributed by atoms with Crippen molar-refractivity contribution < 1.29 is 4.79 Å². The smallest absolute Gasteiger partial charge is 0.314 e. The topological polar surface area (TPSA) is 91.7 Å². The Bertz CT molecular complexity index is 974. The molecule has 3 aromatic rings. The largest absolute Gasteiger partial charge is 0.322 e. The lowest BCUT2D eigenvalue weighted by molar-refractivity contribution is 0.205. The molecule has 3 heterocycles. The lowest BCUT2D eigenvalue weighted by Crippen LogP contribution is -2.35. The standard InChI is InChI=1S/C19H23N7O/c1-12-11-13(2)26(24-12)16-8-5-4-7-15(16)21-19(27)25-10-6-9-17(25)18-20-14(3)22-23-18/h4-5,7-8,11,17H,6,9-10H2,1-3H3,(H,21,27)(H,20,22,23)/t17-/m1/s1. The van der Waals surface area contributed by atoms with Crippen LogP contribution in [0.5, 0.6) is 0 Å². The van der Waals surface area contributed by atoms with Crippen LogP contribution in [0, 0.1) is 20.8 Å². The van der Waals surface area contributed by atoms with Crippen molar-refractivity contribution in [2.45, 2.75) is 39.7 Å². The number of aromatic amines is 1. The van der Waals surface area contributed by atoms with E-state index in [1.165, 1.54) is 0 Å². The van der Waals surface area contributed by atoms with Gasteiger partial charge in [-0.05, 0) is 51.8 Å². The molecule has 2 aromatic heterocycles. The highest BCUT2D eigenvalue weighted by atomic mass is 16.2. The monoisotopic (exact) mass is 365 g/mol. The Kier molecular flexibility index (Phi) is 4.39. The molecule has 1 fully saturated rings. The summed E-state index contributed by atoms with van der Waals surface area (Å²) >= 11 is 0. The summed E-state index contributed by atoms with van der Waals surface area (Å²) < 4.78 is 1.85. The normalized spacial score (nSPS) is 16.7. The summed E-state index contributed by atoms with van der Waals surface area (Å²) in [6.45, 7) is 6.51. The third-order valence-electron chi connectivity index (χ3n) is 4.81. The van der Waals surface area contributed by atoms with Crippen LogP contribution in [-0.2, 0) is 0 Å². The van der Waals surface area contributed by atoms with Gasteiger partial charge in [0.05, 0.1) is 23.1 Å². The van der Waals surface area contributed by atoms with Gasteiger partial charge in [0.15, 0.2) is 5.82 Å². The van der Waals surface area contributed by atoms with Crippen LogP contribution in [0.2, 0.25) is 0 Å². The van der Waals surface area contributed by atoms with E-state index in [4.69, 9.17) is 0 Å². The predicted molar refractivity (Wildman–Crippen MR) is 102 cm³/mol. The van der Waals surface area contributed by atoms with Gasteiger partial charge in [-0.15, -0.1) is 0 Å². The van der Waals surface area contributed by atoms with Crippen LogP contribution in [-0.4, -0.2) is 42.4 Å². The Morgan fingerprint density at radius 2 is 2.07 bits per heavy atom. The molecule has 1 aliphatic heterocycles. The van der Waals surface area contributed by atoms with E-state index in [0.29, 0.717) is 12.4 Å². The SMILES string of the molecule is Cc1cc(C)n(-c2ccccc2NC(=O)N2CCC[C@@H]2c2n[nH]c(C)n2)n1. The van der Waals surface area contributed by atoms with Crippen molar-refractivity contribution in [3.63, 3.8) is 0 Å². The molecule has 4 rings (SSSR count). The second kappa shape index (κ2) is 6.86. The van der Waals surface area contributed by atoms with Crippen molar-refractivity contribution >= 4 is 11.7 Å². The number of aryl methyl sites for hydroxylation is 3. The van der Waals surface area contributed by atoms with Crippen molar-refractivity contribution in [2.24, 2.45) is 0 Å². The van der Waals surface area contributed by atoms with Gasteiger partial charge in [-0.2, -0.15) is 10.2 Å². The zero-order valence-electron chi connectivity index (χ0n) is 15.7. The number of amides is 2. The average molecular weight is 365 g/mol. The minimum Gasteiger partial charge on any atom is -0.314 e. The van der Waals surface area contributed by atoms with Gasteiger partial charge in [0.25, 0.3) is 0 Å². The van der Waals surface area contributed by atoms with Crippen molar-refractivity contribution in [2.75, 3.05) is 11.9 Å². The van der Waals surface area contributed by atoms with E-state index in [1.54, 1.807) is 4.90 Å².